The monoisotopic (exact) mass is 329 g/mol. The fourth-order valence-corrected chi connectivity index (χ4v) is 3.20. The van der Waals surface area contributed by atoms with Crippen LogP contribution < -0.4 is 4.90 Å². The number of fused-ring (bicyclic) bond motifs is 1. The van der Waals surface area contributed by atoms with Crippen LogP contribution >= 0.6 is 15.9 Å². The van der Waals surface area contributed by atoms with Crippen molar-refractivity contribution in [2.45, 2.75) is 19.8 Å². The van der Waals surface area contributed by atoms with Gasteiger partial charge in [0, 0.05) is 22.9 Å². The van der Waals surface area contributed by atoms with Crippen LogP contribution in [0.1, 0.15) is 25.3 Å². The van der Waals surface area contributed by atoms with Gasteiger partial charge in [-0.2, -0.15) is 5.26 Å². The van der Waals surface area contributed by atoms with Gasteiger partial charge >= 0.3 is 0 Å². The van der Waals surface area contributed by atoms with Gasteiger partial charge in [-0.15, -0.1) is 0 Å². The largest absolute Gasteiger partial charge is 0.356 e. The number of aromatic nitrogens is 1. The van der Waals surface area contributed by atoms with E-state index in [1.54, 1.807) is 0 Å². The van der Waals surface area contributed by atoms with Crippen LogP contribution in [-0.2, 0) is 0 Å². The van der Waals surface area contributed by atoms with Gasteiger partial charge in [0.15, 0.2) is 0 Å². The molecular formula is C16H16BrN3. The zero-order chi connectivity index (χ0) is 14.1. The van der Waals surface area contributed by atoms with Crippen LogP contribution in [0.15, 0.2) is 28.7 Å². The zero-order valence-corrected chi connectivity index (χ0v) is 13.0. The summed E-state index contributed by atoms with van der Waals surface area (Å²) >= 11 is 3.45. The highest BCUT2D eigenvalue weighted by Crippen LogP contribution is 2.27. The minimum absolute atomic E-state index is 0.691. The maximum atomic E-state index is 9.39. The summed E-state index contributed by atoms with van der Waals surface area (Å²) in [6, 6.07) is 10.1. The summed E-state index contributed by atoms with van der Waals surface area (Å²) in [6.07, 6.45) is 2.48. The lowest BCUT2D eigenvalue weighted by molar-refractivity contribution is 0.445. The molecule has 1 fully saturated rings. The number of piperidine rings is 1. The van der Waals surface area contributed by atoms with Gasteiger partial charge in [-0.1, -0.05) is 22.9 Å². The highest BCUT2D eigenvalue weighted by atomic mass is 79.9. The third-order valence-corrected chi connectivity index (χ3v) is 4.35. The van der Waals surface area contributed by atoms with Crippen molar-refractivity contribution in [2.75, 3.05) is 18.0 Å². The van der Waals surface area contributed by atoms with E-state index >= 15 is 0 Å². The molecule has 3 rings (SSSR count). The molecule has 1 aromatic carbocycles. The number of pyridine rings is 1. The minimum Gasteiger partial charge on any atom is -0.356 e. The molecule has 20 heavy (non-hydrogen) atoms. The third kappa shape index (κ3) is 2.51. The van der Waals surface area contributed by atoms with Gasteiger partial charge < -0.3 is 4.90 Å². The van der Waals surface area contributed by atoms with Gasteiger partial charge in [0.05, 0.1) is 17.1 Å². The van der Waals surface area contributed by atoms with Crippen LogP contribution in [0.25, 0.3) is 10.9 Å². The average Bonchev–Trinajstić information content (AvgIpc) is 2.46. The first-order valence-electron chi connectivity index (χ1n) is 6.93. The van der Waals surface area contributed by atoms with E-state index in [2.05, 4.69) is 33.8 Å². The molecule has 0 N–H and O–H groups in total. The Hall–Kier alpha value is -1.60. The van der Waals surface area contributed by atoms with E-state index < -0.39 is 0 Å². The Balaban J connectivity index is 2.09. The second-order valence-corrected chi connectivity index (χ2v) is 6.41. The summed E-state index contributed by atoms with van der Waals surface area (Å²) in [4.78, 5) is 7.04. The minimum atomic E-state index is 0.691. The Bertz CT molecular complexity index is 690. The van der Waals surface area contributed by atoms with Gasteiger partial charge in [-0.25, -0.2) is 4.98 Å². The zero-order valence-electron chi connectivity index (χ0n) is 11.4. The Morgan fingerprint density at radius 1 is 1.40 bits per heavy atom. The van der Waals surface area contributed by atoms with Gasteiger partial charge in [-0.3, -0.25) is 0 Å². The first-order chi connectivity index (χ1) is 9.67. The summed E-state index contributed by atoms with van der Waals surface area (Å²) in [7, 11) is 0. The fourth-order valence-electron chi connectivity index (χ4n) is 2.84. The number of rotatable bonds is 1. The van der Waals surface area contributed by atoms with Crippen molar-refractivity contribution < 1.29 is 0 Å². The maximum absolute atomic E-state index is 9.39. The summed E-state index contributed by atoms with van der Waals surface area (Å²) in [5, 5.41) is 10.3. The molecule has 0 saturated carbocycles. The SMILES string of the molecule is C[C@H]1CCCN(c2cc(C#N)c3cc(Br)ccc3n2)C1. The Labute approximate surface area is 127 Å². The molecule has 0 radical (unpaired) electrons. The Kier molecular flexibility index (Phi) is 3.62. The highest BCUT2D eigenvalue weighted by Gasteiger charge is 2.19. The highest BCUT2D eigenvalue weighted by molar-refractivity contribution is 9.10. The number of halogens is 1. The molecule has 3 nitrogen and oxygen atoms in total. The fraction of sp³-hybridized carbons (Fsp3) is 0.375. The van der Waals surface area contributed by atoms with Crippen LogP contribution in [-0.4, -0.2) is 18.1 Å². The van der Waals surface area contributed by atoms with Gasteiger partial charge in [0.25, 0.3) is 0 Å². The molecule has 102 valence electrons. The Morgan fingerprint density at radius 2 is 2.25 bits per heavy atom. The predicted molar refractivity (Wildman–Crippen MR) is 84.8 cm³/mol. The molecule has 0 bridgehead atoms. The van der Waals surface area contributed by atoms with E-state index in [9.17, 15) is 5.26 Å². The first kappa shape index (κ1) is 13.4. The van der Waals surface area contributed by atoms with Crippen molar-refractivity contribution in [1.29, 1.82) is 5.26 Å². The molecule has 2 heterocycles. The summed E-state index contributed by atoms with van der Waals surface area (Å²) in [5.74, 6) is 1.62. The van der Waals surface area contributed by atoms with Crippen LogP contribution in [0.5, 0.6) is 0 Å². The summed E-state index contributed by atoms with van der Waals surface area (Å²) < 4.78 is 0.975. The van der Waals surface area contributed by atoms with Crippen LogP contribution in [0.3, 0.4) is 0 Å². The average molecular weight is 330 g/mol. The molecule has 4 heteroatoms. The molecule has 2 aromatic rings. The second kappa shape index (κ2) is 5.41. The number of hydrogen-bond donors (Lipinski definition) is 0. The lowest BCUT2D eigenvalue weighted by Gasteiger charge is -2.32. The van der Waals surface area contributed by atoms with Crippen molar-refractivity contribution in [1.82, 2.24) is 4.98 Å². The molecule has 0 aliphatic carbocycles. The van der Waals surface area contributed by atoms with Gasteiger partial charge in [0.1, 0.15) is 5.82 Å². The van der Waals surface area contributed by atoms with E-state index in [0.717, 1.165) is 34.3 Å². The van der Waals surface area contributed by atoms with Crippen molar-refractivity contribution in [2.24, 2.45) is 5.92 Å². The lowest BCUT2D eigenvalue weighted by Crippen LogP contribution is -2.34. The molecule has 1 saturated heterocycles. The second-order valence-electron chi connectivity index (χ2n) is 5.49. The van der Waals surface area contributed by atoms with E-state index in [4.69, 9.17) is 4.98 Å². The van der Waals surface area contributed by atoms with Gasteiger partial charge in [0.2, 0.25) is 0 Å². The predicted octanol–water partition coefficient (Wildman–Crippen LogP) is 4.11. The smallest absolute Gasteiger partial charge is 0.130 e. The third-order valence-electron chi connectivity index (χ3n) is 3.86. The number of hydrogen-bond acceptors (Lipinski definition) is 3. The molecule has 1 aromatic heterocycles. The summed E-state index contributed by atoms with van der Waals surface area (Å²) in [6.45, 7) is 4.33. The van der Waals surface area contributed by atoms with Crippen molar-refractivity contribution >= 4 is 32.7 Å². The van der Waals surface area contributed by atoms with E-state index in [-0.39, 0.29) is 0 Å². The standard InChI is InChI=1S/C16H16BrN3/c1-11-3-2-6-20(10-11)16-7-12(9-18)14-8-13(17)4-5-15(14)19-16/h4-5,7-8,11H,2-3,6,10H2,1H3/t11-/m0/s1. The van der Waals surface area contributed by atoms with Crippen LogP contribution in [0.4, 0.5) is 5.82 Å². The Morgan fingerprint density at radius 3 is 3.00 bits per heavy atom. The van der Waals surface area contributed by atoms with E-state index in [0.29, 0.717) is 11.5 Å². The first-order valence-corrected chi connectivity index (χ1v) is 7.72. The maximum Gasteiger partial charge on any atom is 0.130 e. The molecule has 1 aliphatic rings. The molecule has 0 spiro atoms. The van der Waals surface area contributed by atoms with E-state index in [1.165, 1.54) is 12.8 Å². The van der Waals surface area contributed by atoms with E-state index in [1.807, 2.05) is 24.3 Å². The van der Waals surface area contributed by atoms with Gasteiger partial charge in [-0.05, 0) is 43.0 Å². The van der Waals surface area contributed by atoms with Crippen molar-refractivity contribution in [3.63, 3.8) is 0 Å². The molecular weight excluding hydrogens is 314 g/mol. The number of anilines is 1. The number of nitriles is 1. The topological polar surface area (TPSA) is 39.9 Å². The number of nitrogens with zero attached hydrogens (tertiary/aromatic N) is 3. The van der Waals surface area contributed by atoms with Crippen molar-refractivity contribution in [3.8, 4) is 6.07 Å². The molecule has 0 amide bonds. The quantitative estimate of drug-likeness (QED) is 0.790. The van der Waals surface area contributed by atoms with Crippen LogP contribution in [0, 0.1) is 17.2 Å². The lowest BCUT2D eigenvalue weighted by atomic mass is 10.00. The normalized spacial score (nSPS) is 19.1. The molecule has 0 unspecified atom stereocenters. The molecule has 1 aliphatic heterocycles. The van der Waals surface area contributed by atoms with Crippen molar-refractivity contribution in [3.05, 3.63) is 34.3 Å². The summed E-state index contributed by atoms with van der Waals surface area (Å²) in [5.41, 5.74) is 1.59. The molecule has 1 atom stereocenters. The van der Waals surface area contributed by atoms with Crippen LogP contribution in [0.2, 0.25) is 0 Å². The number of benzene rings is 1.